The molecule has 1 fully saturated rings. The van der Waals surface area contributed by atoms with Crippen molar-refractivity contribution in [3.8, 4) is 11.8 Å². The number of rotatable bonds is 5. The maximum Gasteiger partial charge on any atom is 0.433 e. The molecule has 0 saturated carbocycles. The highest BCUT2D eigenvalue weighted by Gasteiger charge is 2.47. The van der Waals surface area contributed by atoms with Crippen LogP contribution in [0.5, 0.6) is 5.75 Å². The van der Waals surface area contributed by atoms with Crippen LogP contribution in [0, 0.1) is 21.4 Å². The Morgan fingerprint density at radius 3 is 2.72 bits per heavy atom. The molecule has 150 valence electrons. The molecule has 1 aromatic heterocycles. The van der Waals surface area contributed by atoms with E-state index in [-0.39, 0.29) is 17.3 Å². The van der Waals surface area contributed by atoms with Crippen LogP contribution in [0.25, 0.3) is 5.70 Å². The van der Waals surface area contributed by atoms with Gasteiger partial charge in [0.15, 0.2) is 5.54 Å². The lowest BCUT2D eigenvalue weighted by atomic mass is 9.91. The van der Waals surface area contributed by atoms with E-state index in [4.69, 9.17) is 9.15 Å². The average Bonchev–Trinajstić information content (AvgIpc) is 3.40. The van der Waals surface area contributed by atoms with Gasteiger partial charge >= 0.3 is 5.88 Å². The van der Waals surface area contributed by atoms with Gasteiger partial charge in [-0.05, 0) is 48.2 Å². The summed E-state index contributed by atoms with van der Waals surface area (Å²) in [5.74, 6) is 0.513. The fourth-order valence-corrected chi connectivity index (χ4v) is 4.17. The van der Waals surface area contributed by atoms with Gasteiger partial charge in [-0.3, -0.25) is 20.4 Å². The number of methoxy groups -OCH3 is 1. The highest BCUT2D eigenvalue weighted by atomic mass is 32.2. The first-order valence-electron chi connectivity index (χ1n) is 8.89. The number of benzene rings is 1. The zero-order valence-electron chi connectivity index (χ0n) is 15.8. The normalized spacial score (nSPS) is 25.8. The summed E-state index contributed by atoms with van der Waals surface area (Å²) in [5.41, 5.74) is 3.78. The van der Waals surface area contributed by atoms with E-state index in [1.165, 1.54) is 12.1 Å². The third-order valence-corrected chi connectivity index (χ3v) is 5.91. The summed E-state index contributed by atoms with van der Waals surface area (Å²) in [6.45, 7) is 0. The first-order valence-corrected chi connectivity index (χ1v) is 10.2. The number of hydrogen-bond donors (Lipinski definition) is 2. The number of hydrazine groups is 1. The molecular weight excluding hydrogens is 394 g/mol. The van der Waals surface area contributed by atoms with Crippen molar-refractivity contribution in [2.75, 3.05) is 13.4 Å². The molecule has 2 aromatic rings. The highest BCUT2D eigenvalue weighted by molar-refractivity contribution is 7.99. The van der Waals surface area contributed by atoms with Crippen molar-refractivity contribution in [2.45, 2.75) is 23.5 Å². The van der Waals surface area contributed by atoms with Crippen molar-refractivity contribution < 1.29 is 14.1 Å². The Labute approximate surface area is 171 Å². The number of fused-ring (bicyclic) bond motifs is 1. The fourth-order valence-electron chi connectivity index (χ4n) is 3.58. The van der Waals surface area contributed by atoms with E-state index in [1.54, 1.807) is 24.9 Å². The predicted molar refractivity (Wildman–Crippen MR) is 107 cm³/mol. The molecule has 0 spiro atoms. The van der Waals surface area contributed by atoms with E-state index in [0.29, 0.717) is 0 Å². The van der Waals surface area contributed by atoms with E-state index in [1.807, 2.05) is 35.5 Å². The molecule has 1 saturated heterocycles. The van der Waals surface area contributed by atoms with Gasteiger partial charge in [-0.15, -0.1) is 11.8 Å². The van der Waals surface area contributed by atoms with Crippen molar-refractivity contribution in [3.05, 3.63) is 63.9 Å². The highest BCUT2D eigenvalue weighted by Crippen LogP contribution is 2.40. The van der Waals surface area contributed by atoms with Crippen LogP contribution in [0.4, 0.5) is 5.88 Å². The van der Waals surface area contributed by atoms with E-state index in [2.05, 4.69) is 16.8 Å². The Hall–Kier alpha value is -3.00. The number of hydrogen-bond acceptors (Lipinski definition) is 9. The fraction of sp³-hybridized carbons (Fsp3) is 0.316. The molecule has 0 amide bonds. The van der Waals surface area contributed by atoms with Gasteiger partial charge in [0.2, 0.25) is 0 Å². The maximum atomic E-state index is 11.1. The summed E-state index contributed by atoms with van der Waals surface area (Å²) in [6, 6.07) is 12.5. The van der Waals surface area contributed by atoms with Crippen LogP contribution in [0.2, 0.25) is 0 Å². The third kappa shape index (κ3) is 3.33. The first-order chi connectivity index (χ1) is 14.0. The van der Waals surface area contributed by atoms with Crippen LogP contribution in [0.1, 0.15) is 17.7 Å². The molecular formula is C19H19N5O4S. The minimum atomic E-state index is -1.33. The molecule has 3 atom stereocenters. The van der Waals surface area contributed by atoms with Crippen molar-refractivity contribution in [2.24, 2.45) is 0 Å². The summed E-state index contributed by atoms with van der Waals surface area (Å²) in [5, 5.41) is 26.6. The Morgan fingerprint density at radius 2 is 2.14 bits per heavy atom. The molecule has 10 heteroatoms. The van der Waals surface area contributed by atoms with Crippen molar-refractivity contribution in [3.63, 3.8) is 0 Å². The number of nitrogens with zero attached hydrogens (tertiary/aromatic N) is 3. The lowest BCUT2D eigenvalue weighted by molar-refractivity contribution is -0.402. The standard InChI is InChI=1S/C19H19N5O4S/c1-27-13-5-3-12(4-6-13)14-10-19(11-20,15-7-8-18(28-15)24(25)26)21-16-9-17(29-2)22-23(14)16/h3-8,10,16-17,21-22H,9H2,1-2H3. The van der Waals surface area contributed by atoms with Gasteiger partial charge in [-0.1, -0.05) is 0 Å². The quantitative estimate of drug-likeness (QED) is 0.563. The number of nitro groups is 1. The largest absolute Gasteiger partial charge is 0.497 e. The van der Waals surface area contributed by atoms with Crippen molar-refractivity contribution >= 4 is 23.3 Å². The van der Waals surface area contributed by atoms with E-state index >= 15 is 0 Å². The SMILES string of the molecule is COc1ccc(C2=CC(C#N)(c3ccc([N+](=O)[O-])o3)NC3CC(SC)NN23)cc1. The van der Waals surface area contributed by atoms with E-state index in [0.717, 1.165) is 23.4 Å². The molecule has 29 heavy (non-hydrogen) atoms. The van der Waals surface area contributed by atoms with Crippen LogP contribution >= 0.6 is 11.8 Å². The van der Waals surface area contributed by atoms with Crippen LogP contribution in [0.3, 0.4) is 0 Å². The molecule has 0 bridgehead atoms. The Bertz CT molecular complexity index is 999. The van der Waals surface area contributed by atoms with Gasteiger partial charge in [0, 0.05) is 6.42 Å². The van der Waals surface area contributed by atoms with Crippen LogP contribution in [-0.2, 0) is 5.54 Å². The lowest BCUT2D eigenvalue weighted by Crippen LogP contribution is -2.56. The summed E-state index contributed by atoms with van der Waals surface area (Å²) in [6.07, 6.45) is 4.29. The van der Waals surface area contributed by atoms with Gasteiger partial charge in [-0.25, -0.2) is 5.43 Å². The van der Waals surface area contributed by atoms with Gasteiger partial charge in [-0.2, -0.15) is 5.26 Å². The molecule has 2 aliphatic heterocycles. The molecule has 3 heterocycles. The summed E-state index contributed by atoms with van der Waals surface area (Å²) < 4.78 is 10.6. The predicted octanol–water partition coefficient (Wildman–Crippen LogP) is 2.79. The Morgan fingerprint density at radius 1 is 1.38 bits per heavy atom. The second-order valence-electron chi connectivity index (χ2n) is 6.69. The van der Waals surface area contributed by atoms with Crippen LogP contribution in [0.15, 0.2) is 46.9 Å². The second-order valence-corrected chi connectivity index (χ2v) is 7.73. The van der Waals surface area contributed by atoms with Gasteiger partial charge < -0.3 is 9.15 Å². The molecule has 3 unspecified atom stereocenters. The molecule has 2 N–H and O–H groups in total. The first kappa shape index (κ1) is 19.3. The van der Waals surface area contributed by atoms with Crippen molar-refractivity contribution in [1.29, 1.82) is 5.26 Å². The summed E-state index contributed by atoms with van der Waals surface area (Å²) in [4.78, 5) is 10.4. The topological polar surface area (TPSA) is 117 Å². The smallest absolute Gasteiger partial charge is 0.433 e. The minimum Gasteiger partial charge on any atom is -0.497 e. The number of furan rings is 1. The molecule has 9 nitrogen and oxygen atoms in total. The molecule has 4 rings (SSSR count). The minimum absolute atomic E-state index is 0.162. The molecule has 2 aliphatic rings. The monoisotopic (exact) mass is 413 g/mol. The third-order valence-electron chi connectivity index (χ3n) is 5.05. The zero-order valence-corrected chi connectivity index (χ0v) is 16.6. The van der Waals surface area contributed by atoms with Gasteiger partial charge in [0.05, 0.1) is 36.5 Å². The van der Waals surface area contributed by atoms with Crippen LogP contribution in [-0.4, -0.2) is 34.8 Å². The molecule has 0 radical (unpaired) electrons. The Kier molecular flexibility index (Phi) is 4.96. The van der Waals surface area contributed by atoms with Gasteiger partial charge in [0.25, 0.3) is 0 Å². The van der Waals surface area contributed by atoms with E-state index < -0.39 is 16.3 Å². The average molecular weight is 413 g/mol. The maximum absolute atomic E-state index is 11.1. The lowest BCUT2D eigenvalue weighted by Gasteiger charge is -2.39. The number of ether oxygens (including phenoxy) is 1. The molecule has 0 aliphatic carbocycles. The number of nitrogens with one attached hydrogen (secondary N) is 2. The Balaban J connectivity index is 1.82. The summed E-state index contributed by atoms with van der Waals surface area (Å²) in [7, 11) is 1.60. The summed E-state index contributed by atoms with van der Waals surface area (Å²) >= 11 is 1.68. The van der Waals surface area contributed by atoms with Crippen LogP contribution < -0.4 is 15.5 Å². The van der Waals surface area contributed by atoms with Gasteiger partial charge in [0.1, 0.15) is 16.4 Å². The molecule has 1 aromatic carbocycles. The zero-order chi connectivity index (χ0) is 20.6. The van der Waals surface area contributed by atoms with E-state index in [9.17, 15) is 15.4 Å². The number of thioether (sulfide) groups is 1. The second kappa shape index (κ2) is 7.44. The number of nitriles is 1. The van der Waals surface area contributed by atoms with Crippen molar-refractivity contribution in [1.82, 2.24) is 15.8 Å².